The molecular formula is C20H19N3O2S. The Bertz CT molecular complexity index is 953. The number of anilines is 2. The third-order valence-corrected chi connectivity index (χ3v) is 5.22. The maximum atomic E-state index is 11.5. The van der Waals surface area contributed by atoms with Crippen LogP contribution in [0.1, 0.15) is 23.4 Å². The molecule has 132 valence electrons. The Morgan fingerprint density at radius 3 is 2.85 bits per heavy atom. The largest absolute Gasteiger partial charge is 0.482 e. The summed E-state index contributed by atoms with van der Waals surface area (Å²) >= 11 is 1.63. The van der Waals surface area contributed by atoms with Gasteiger partial charge >= 0.3 is 0 Å². The number of hydrogen-bond acceptors (Lipinski definition) is 5. The normalized spacial score (nSPS) is 14.2. The van der Waals surface area contributed by atoms with Crippen molar-refractivity contribution in [1.82, 2.24) is 4.98 Å². The number of fused-ring (bicyclic) bond motifs is 1. The molecular weight excluding hydrogens is 346 g/mol. The average molecular weight is 365 g/mol. The number of hydrogen-bond donors (Lipinski definition) is 2. The minimum atomic E-state index is -0.135. The molecule has 0 radical (unpaired) electrons. The molecule has 0 saturated carbocycles. The third kappa shape index (κ3) is 3.28. The van der Waals surface area contributed by atoms with Crippen molar-refractivity contribution in [2.24, 2.45) is 0 Å². The first-order valence-electron chi connectivity index (χ1n) is 8.46. The van der Waals surface area contributed by atoms with Crippen LogP contribution in [0, 0.1) is 6.92 Å². The van der Waals surface area contributed by atoms with Crippen molar-refractivity contribution < 1.29 is 9.53 Å². The first kappa shape index (κ1) is 16.6. The Hall–Kier alpha value is -2.86. The summed E-state index contributed by atoms with van der Waals surface area (Å²) in [5, 5.41) is 7.20. The predicted molar refractivity (Wildman–Crippen MR) is 105 cm³/mol. The fourth-order valence-electron chi connectivity index (χ4n) is 2.97. The van der Waals surface area contributed by atoms with Gasteiger partial charge in [-0.05, 0) is 37.6 Å². The van der Waals surface area contributed by atoms with Crippen LogP contribution >= 0.6 is 11.3 Å². The molecule has 1 atom stereocenters. The van der Waals surface area contributed by atoms with E-state index in [-0.39, 0.29) is 18.6 Å². The lowest BCUT2D eigenvalue weighted by Crippen LogP contribution is -2.25. The molecule has 0 bridgehead atoms. The fourth-order valence-corrected chi connectivity index (χ4v) is 3.89. The number of nitrogens with zero attached hydrogens (tertiary/aromatic N) is 1. The van der Waals surface area contributed by atoms with Crippen molar-refractivity contribution >= 4 is 28.1 Å². The molecule has 0 saturated heterocycles. The second-order valence-corrected chi connectivity index (χ2v) is 7.45. The van der Waals surface area contributed by atoms with Crippen LogP contribution < -0.4 is 15.4 Å². The van der Waals surface area contributed by atoms with Gasteiger partial charge in [0.2, 0.25) is 0 Å². The van der Waals surface area contributed by atoms with E-state index in [2.05, 4.69) is 36.6 Å². The van der Waals surface area contributed by atoms with Gasteiger partial charge in [-0.15, -0.1) is 11.3 Å². The van der Waals surface area contributed by atoms with E-state index in [1.807, 2.05) is 36.4 Å². The number of aryl methyl sites for hydroxylation is 1. The number of carbonyl (C=O) groups is 1. The van der Waals surface area contributed by atoms with E-state index < -0.39 is 0 Å². The highest BCUT2D eigenvalue weighted by Crippen LogP contribution is 2.36. The maximum Gasteiger partial charge on any atom is 0.262 e. The van der Waals surface area contributed by atoms with Crippen LogP contribution in [0.25, 0.3) is 11.3 Å². The lowest BCUT2D eigenvalue weighted by molar-refractivity contribution is -0.118. The van der Waals surface area contributed by atoms with Crippen LogP contribution in [0.4, 0.5) is 10.8 Å². The van der Waals surface area contributed by atoms with Gasteiger partial charge in [0.05, 0.1) is 17.4 Å². The Balaban J connectivity index is 1.59. The van der Waals surface area contributed by atoms with Gasteiger partial charge < -0.3 is 15.4 Å². The first-order chi connectivity index (χ1) is 12.6. The predicted octanol–water partition coefficient (Wildman–Crippen LogP) is 4.62. The zero-order chi connectivity index (χ0) is 18.1. The smallest absolute Gasteiger partial charge is 0.262 e. The summed E-state index contributed by atoms with van der Waals surface area (Å²) < 4.78 is 5.42. The summed E-state index contributed by atoms with van der Waals surface area (Å²) in [7, 11) is 0. The minimum absolute atomic E-state index is 0.0630. The number of aromatic nitrogens is 1. The molecule has 2 N–H and O–H groups in total. The fraction of sp³-hybridized carbons (Fsp3) is 0.200. The van der Waals surface area contributed by atoms with Crippen molar-refractivity contribution in [3.63, 3.8) is 0 Å². The van der Waals surface area contributed by atoms with Crippen molar-refractivity contribution in [2.75, 3.05) is 17.2 Å². The molecule has 0 spiro atoms. The van der Waals surface area contributed by atoms with Gasteiger partial charge in [0.1, 0.15) is 5.75 Å². The molecule has 3 aromatic rings. The van der Waals surface area contributed by atoms with Gasteiger partial charge in [-0.3, -0.25) is 4.79 Å². The molecule has 5 nitrogen and oxygen atoms in total. The molecule has 6 heteroatoms. The average Bonchev–Trinajstić information content (AvgIpc) is 3.02. The number of amides is 1. The summed E-state index contributed by atoms with van der Waals surface area (Å²) in [5.41, 5.74) is 3.79. The van der Waals surface area contributed by atoms with Gasteiger partial charge in [0.25, 0.3) is 5.91 Å². The summed E-state index contributed by atoms with van der Waals surface area (Å²) in [6.45, 7) is 4.24. The maximum absolute atomic E-state index is 11.5. The Morgan fingerprint density at radius 2 is 2.04 bits per heavy atom. The molecule has 1 aliphatic heterocycles. The minimum Gasteiger partial charge on any atom is -0.482 e. The topological polar surface area (TPSA) is 63.2 Å². The van der Waals surface area contributed by atoms with Crippen LogP contribution in [0.5, 0.6) is 5.75 Å². The highest BCUT2D eigenvalue weighted by Gasteiger charge is 2.18. The lowest BCUT2D eigenvalue weighted by atomic mass is 10.1. The number of rotatable bonds is 4. The molecule has 26 heavy (non-hydrogen) atoms. The highest BCUT2D eigenvalue weighted by molar-refractivity contribution is 7.16. The van der Waals surface area contributed by atoms with E-state index in [1.165, 1.54) is 5.56 Å². The van der Waals surface area contributed by atoms with Crippen molar-refractivity contribution in [3.8, 4) is 17.0 Å². The van der Waals surface area contributed by atoms with E-state index >= 15 is 0 Å². The zero-order valence-electron chi connectivity index (χ0n) is 14.6. The molecule has 2 heterocycles. The summed E-state index contributed by atoms with van der Waals surface area (Å²) in [4.78, 5) is 17.4. The molecule has 1 amide bonds. The number of benzene rings is 2. The zero-order valence-corrected chi connectivity index (χ0v) is 15.4. The molecule has 0 unspecified atom stereocenters. The molecule has 1 aromatic heterocycles. The van der Waals surface area contributed by atoms with Gasteiger partial charge in [-0.25, -0.2) is 4.98 Å². The first-order valence-corrected chi connectivity index (χ1v) is 9.28. The van der Waals surface area contributed by atoms with Gasteiger partial charge in [0, 0.05) is 10.4 Å². The van der Waals surface area contributed by atoms with Crippen LogP contribution in [0.15, 0.2) is 48.5 Å². The number of nitrogens with one attached hydrogen (secondary N) is 2. The standard InChI is InChI=1S/C20H19N3O2S/c1-12(14-6-4-3-5-7-14)21-20-23-19(13(2)26-20)15-8-9-17-16(10-15)22-18(24)11-25-17/h3-10,12H,11H2,1-2H3,(H,21,23)(H,22,24)/t12-/m0/s1. The summed E-state index contributed by atoms with van der Waals surface area (Å²) in [6.07, 6.45) is 0. The molecule has 0 fully saturated rings. The number of carbonyl (C=O) groups excluding carboxylic acids is 1. The Kier molecular flexibility index (Phi) is 4.34. The van der Waals surface area contributed by atoms with Crippen molar-refractivity contribution in [1.29, 1.82) is 0 Å². The van der Waals surface area contributed by atoms with Gasteiger partial charge in [0.15, 0.2) is 11.7 Å². The van der Waals surface area contributed by atoms with Gasteiger partial charge in [-0.2, -0.15) is 0 Å². The number of thiazole rings is 1. The van der Waals surface area contributed by atoms with Crippen molar-refractivity contribution in [2.45, 2.75) is 19.9 Å². The Labute approximate surface area is 156 Å². The van der Waals surface area contributed by atoms with Crippen LogP contribution in [0.2, 0.25) is 0 Å². The summed E-state index contributed by atoms with van der Waals surface area (Å²) in [5.74, 6) is 0.556. The summed E-state index contributed by atoms with van der Waals surface area (Å²) in [6, 6.07) is 16.2. The molecule has 0 aliphatic carbocycles. The van der Waals surface area contributed by atoms with E-state index in [1.54, 1.807) is 11.3 Å². The van der Waals surface area contributed by atoms with Gasteiger partial charge in [-0.1, -0.05) is 30.3 Å². The second-order valence-electron chi connectivity index (χ2n) is 6.25. The highest BCUT2D eigenvalue weighted by atomic mass is 32.1. The van der Waals surface area contributed by atoms with E-state index in [0.717, 1.165) is 21.3 Å². The van der Waals surface area contributed by atoms with E-state index in [9.17, 15) is 4.79 Å². The van der Waals surface area contributed by atoms with Crippen molar-refractivity contribution in [3.05, 3.63) is 59.0 Å². The van der Waals surface area contributed by atoms with Crippen LogP contribution in [-0.2, 0) is 4.79 Å². The molecule has 1 aliphatic rings. The monoisotopic (exact) mass is 365 g/mol. The third-order valence-electron chi connectivity index (χ3n) is 4.32. The Morgan fingerprint density at radius 1 is 1.23 bits per heavy atom. The quantitative estimate of drug-likeness (QED) is 0.708. The molecule has 4 rings (SSSR count). The van der Waals surface area contributed by atoms with E-state index in [4.69, 9.17) is 9.72 Å². The van der Waals surface area contributed by atoms with E-state index in [0.29, 0.717) is 11.4 Å². The number of ether oxygens (including phenoxy) is 1. The second kappa shape index (κ2) is 6.80. The van der Waals surface area contributed by atoms with Crippen LogP contribution in [0.3, 0.4) is 0 Å². The SMILES string of the molecule is Cc1sc(N[C@@H](C)c2ccccc2)nc1-c1ccc2c(c1)NC(=O)CO2. The molecule has 2 aromatic carbocycles. The lowest BCUT2D eigenvalue weighted by Gasteiger charge is -2.18. The van der Waals surface area contributed by atoms with Crippen LogP contribution in [-0.4, -0.2) is 17.5 Å².